The number of aromatic nitrogens is 3. The molecule has 0 aromatic carbocycles. The number of nitrogens with zero attached hydrogens (tertiary/aromatic N) is 3. The van der Waals surface area contributed by atoms with Crippen molar-refractivity contribution in [1.29, 1.82) is 0 Å². The highest BCUT2D eigenvalue weighted by Crippen LogP contribution is 2.23. The van der Waals surface area contributed by atoms with Gasteiger partial charge in [0.2, 0.25) is 0 Å². The molecule has 2 aromatic rings. The molecule has 0 atom stereocenters. The van der Waals surface area contributed by atoms with Crippen LogP contribution < -0.4 is 4.72 Å². The first kappa shape index (κ1) is 15.0. The van der Waals surface area contributed by atoms with E-state index in [1.165, 1.54) is 0 Å². The zero-order valence-corrected chi connectivity index (χ0v) is 14.0. The van der Waals surface area contributed by atoms with Crippen molar-refractivity contribution in [3.8, 4) is 0 Å². The summed E-state index contributed by atoms with van der Waals surface area (Å²) in [6.07, 6.45) is 1.55. The second-order valence-corrected chi connectivity index (χ2v) is 7.08. The van der Waals surface area contributed by atoms with Gasteiger partial charge in [0.1, 0.15) is 10.7 Å². The van der Waals surface area contributed by atoms with E-state index in [2.05, 4.69) is 30.7 Å². The molecule has 0 aliphatic rings. The van der Waals surface area contributed by atoms with Crippen molar-refractivity contribution in [2.45, 2.75) is 25.7 Å². The van der Waals surface area contributed by atoms with Gasteiger partial charge in [-0.05, 0) is 48.3 Å². The Balaban J connectivity index is 2.46. The lowest BCUT2D eigenvalue weighted by molar-refractivity contribution is 0.599. The Hall–Kier alpha value is -1.41. The van der Waals surface area contributed by atoms with Crippen molar-refractivity contribution >= 4 is 31.8 Å². The highest BCUT2D eigenvalue weighted by Gasteiger charge is 2.24. The Morgan fingerprint density at radius 1 is 1.30 bits per heavy atom. The number of sulfonamides is 1. The maximum absolute atomic E-state index is 12.5. The molecule has 2 rings (SSSR count). The van der Waals surface area contributed by atoms with Crippen molar-refractivity contribution in [3.63, 3.8) is 0 Å². The van der Waals surface area contributed by atoms with E-state index in [-0.39, 0.29) is 4.90 Å². The Morgan fingerprint density at radius 3 is 2.45 bits per heavy atom. The van der Waals surface area contributed by atoms with Gasteiger partial charge in [0.05, 0.1) is 11.4 Å². The molecule has 0 saturated carbocycles. The SMILES string of the molecule is Cc1cc(Br)cnc1NS(=O)(=O)c1c(C)nn(C)c1C. The zero-order chi connectivity index (χ0) is 15.1. The van der Waals surface area contributed by atoms with Gasteiger partial charge in [-0.15, -0.1) is 0 Å². The van der Waals surface area contributed by atoms with E-state index in [1.807, 2.05) is 0 Å². The van der Waals surface area contributed by atoms with Crippen LogP contribution in [-0.2, 0) is 17.1 Å². The van der Waals surface area contributed by atoms with E-state index in [0.717, 1.165) is 10.0 Å². The third-order valence-corrected chi connectivity index (χ3v) is 5.01. The molecule has 2 aromatic heterocycles. The molecule has 0 aliphatic carbocycles. The normalized spacial score (nSPS) is 11.7. The largest absolute Gasteiger partial charge is 0.271 e. The van der Waals surface area contributed by atoms with Crippen molar-refractivity contribution in [1.82, 2.24) is 14.8 Å². The van der Waals surface area contributed by atoms with Crippen LogP contribution in [0.2, 0.25) is 0 Å². The number of anilines is 1. The minimum absolute atomic E-state index is 0.198. The van der Waals surface area contributed by atoms with Gasteiger partial charge in [-0.1, -0.05) is 0 Å². The first-order valence-electron chi connectivity index (χ1n) is 5.87. The third-order valence-electron chi connectivity index (χ3n) is 2.99. The first-order chi connectivity index (χ1) is 9.22. The number of nitrogens with one attached hydrogen (secondary N) is 1. The predicted molar refractivity (Wildman–Crippen MR) is 80.2 cm³/mol. The molecule has 0 amide bonds. The van der Waals surface area contributed by atoms with Gasteiger partial charge >= 0.3 is 0 Å². The Bertz CT molecular complexity index is 768. The number of pyridine rings is 1. The summed E-state index contributed by atoms with van der Waals surface area (Å²) in [6, 6.07) is 1.80. The number of hydrogen-bond donors (Lipinski definition) is 1. The molecule has 20 heavy (non-hydrogen) atoms. The second kappa shape index (κ2) is 5.17. The summed E-state index contributed by atoms with van der Waals surface area (Å²) in [4.78, 5) is 4.29. The van der Waals surface area contributed by atoms with Gasteiger partial charge in [0.25, 0.3) is 10.0 Å². The summed E-state index contributed by atoms with van der Waals surface area (Å²) in [6.45, 7) is 5.18. The van der Waals surface area contributed by atoms with Gasteiger partial charge in [0, 0.05) is 17.7 Å². The predicted octanol–water partition coefficient (Wildman–Crippen LogP) is 2.30. The average Bonchev–Trinajstić information content (AvgIpc) is 2.57. The van der Waals surface area contributed by atoms with E-state index in [9.17, 15) is 8.42 Å². The average molecular weight is 359 g/mol. The number of halogens is 1. The highest BCUT2D eigenvalue weighted by atomic mass is 79.9. The molecule has 6 nitrogen and oxygen atoms in total. The molecule has 0 aliphatic heterocycles. The lowest BCUT2D eigenvalue weighted by atomic mass is 10.3. The van der Waals surface area contributed by atoms with Crippen molar-refractivity contribution in [3.05, 3.63) is 33.7 Å². The fraction of sp³-hybridized carbons (Fsp3) is 0.333. The van der Waals surface area contributed by atoms with Crippen LogP contribution in [-0.4, -0.2) is 23.2 Å². The number of hydrogen-bond acceptors (Lipinski definition) is 4. The topological polar surface area (TPSA) is 76.9 Å². The molecular formula is C12H15BrN4O2S. The van der Waals surface area contributed by atoms with Gasteiger partial charge < -0.3 is 0 Å². The molecule has 0 bridgehead atoms. The van der Waals surface area contributed by atoms with Gasteiger partial charge in [-0.25, -0.2) is 13.4 Å². The summed E-state index contributed by atoms with van der Waals surface area (Å²) in [5.74, 6) is 0.316. The number of rotatable bonds is 3. The maximum Gasteiger partial charge on any atom is 0.266 e. The molecule has 0 spiro atoms. The summed E-state index contributed by atoms with van der Waals surface area (Å²) >= 11 is 3.29. The highest BCUT2D eigenvalue weighted by molar-refractivity contribution is 9.10. The van der Waals surface area contributed by atoms with Gasteiger partial charge in [-0.3, -0.25) is 9.40 Å². The Morgan fingerprint density at radius 2 is 1.95 bits per heavy atom. The molecule has 108 valence electrons. The lowest BCUT2D eigenvalue weighted by Crippen LogP contribution is -2.16. The first-order valence-corrected chi connectivity index (χ1v) is 8.15. The van der Waals surface area contributed by atoms with Crippen LogP contribution in [0, 0.1) is 20.8 Å². The third kappa shape index (κ3) is 2.71. The van der Waals surface area contributed by atoms with E-state index in [1.54, 1.807) is 44.8 Å². The smallest absolute Gasteiger partial charge is 0.266 e. The molecule has 8 heteroatoms. The van der Waals surface area contributed by atoms with Crippen molar-refractivity contribution in [2.24, 2.45) is 7.05 Å². The van der Waals surface area contributed by atoms with Gasteiger partial charge in [0.15, 0.2) is 0 Å². The number of aryl methyl sites for hydroxylation is 3. The summed E-state index contributed by atoms with van der Waals surface area (Å²) < 4.78 is 29.8. The van der Waals surface area contributed by atoms with E-state index in [4.69, 9.17) is 0 Å². The summed E-state index contributed by atoms with van der Waals surface area (Å²) in [5, 5.41) is 4.12. The lowest BCUT2D eigenvalue weighted by Gasteiger charge is -2.10. The minimum Gasteiger partial charge on any atom is -0.271 e. The van der Waals surface area contributed by atoms with Crippen LogP contribution in [0.15, 0.2) is 21.6 Å². The van der Waals surface area contributed by atoms with Crippen LogP contribution in [0.5, 0.6) is 0 Å². The fourth-order valence-electron chi connectivity index (χ4n) is 1.97. The van der Waals surface area contributed by atoms with Crippen molar-refractivity contribution < 1.29 is 8.42 Å². The zero-order valence-electron chi connectivity index (χ0n) is 11.6. The van der Waals surface area contributed by atoms with Crippen molar-refractivity contribution in [2.75, 3.05) is 4.72 Å². The Kier molecular flexibility index (Phi) is 3.88. The summed E-state index contributed by atoms with van der Waals surface area (Å²) in [5.41, 5.74) is 1.79. The molecule has 0 saturated heterocycles. The van der Waals surface area contributed by atoms with Crippen LogP contribution in [0.25, 0.3) is 0 Å². The van der Waals surface area contributed by atoms with Crippen LogP contribution in [0.3, 0.4) is 0 Å². The molecule has 0 radical (unpaired) electrons. The van der Waals surface area contributed by atoms with Crippen LogP contribution in [0.1, 0.15) is 17.0 Å². The molecule has 1 N–H and O–H groups in total. The van der Waals surface area contributed by atoms with E-state index < -0.39 is 10.0 Å². The van der Waals surface area contributed by atoms with E-state index in [0.29, 0.717) is 17.2 Å². The quantitative estimate of drug-likeness (QED) is 0.912. The fourth-order valence-corrected chi connectivity index (χ4v) is 3.94. The molecular weight excluding hydrogens is 344 g/mol. The van der Waals surface area contributed by atoms with Gasteiger partial charge in [-0.2, -0.15) is 5.10 Å². The minimum atomic E-state index is -3.70. The standard InChI is InChI=1S/C12H15BrN4O2S/c1-7-5-10(13)6-14-12(7)16-20(18,19)11-8(2)15-17(4)9(11)3/h5-6H,1-4H3,(H,14,16). The van der Waals surface area contributed by atoms with E-state index >= 15 is 0 Å². The van der Waals surface area contributed by atoms with Crippen LogP contribution >= 0.6 is 15.9 Å². The molecule has 2 heterocycles. The maximum atomic E-state index is 12.5. The van der Waals surface area contributed by atoms with Crippen LogP contribution in [0.4, 0.5) is 5.82 Å². The second-order valence-electron chi connectivity index (χ2n) is 4.55. The molecule has 0 fully saturated rings. The molecule has 0 unspecified atom stereocenters. The summed E-state index contributed by atoms with van der Waals surface area (Å²) in [7, 11) is -1.99. The monoisotopic (exact) mass is 358 g/mol. The Labute approximate surface area is 126 Å².